The molecule has 0 N–H and O–H groups in total. The molecule has 0 saturated carbocycles. The summed E-state index contributed by atoms with van der Waals surface area (Å²) in [6.45, 7) is 5.78. The molecule has 1 aromatic carbocycles. The van der Waals surface area contributed by atoms with Gasteiger partial charge in [0.25, 0.3) is 0 Å². The van der Waals surface area contributed by atoms with Gasteiger partial charge in [-0.25, -0.2) is 14.6 Å². The molecule has 0 radical (unpaired) electrons. The molecule has 106 valence electrons. The van der Waals surface area contributed by atoms with Crippen LogP contribution in [0.1, 0.15) is 16.7 Å². The van der Waals surface area contributed by atoms with Crippen molar-refractivity contribution in [3.63, 3.8) is 0 Å². The van der Waals surface area contributed by atoms with Crippen molar-refractivity contribution in [2.24, 2.45) is 4.99 Å². The highest BCUT2D eigenvalue weighted by Gasteiger charge is 2.19. The van der Waals surface area contributed by atoms with Gasteiger partial charge in [0.1, 0.15) is 0 Å². The summed E-state index contributed by atoms with van der Waals surface area (Å²) in [6.07, 6.45) is 0. The number of ether oxygens (including phenoxy) is 2. The highest BCUT2D eigenvalue weighted by Crippen LogP contribution is 2.24. The van der Waals surface area contributed by atoms with Gasteiger partial charge in [-0.3, -0.25) is 0 Å². The number of methoxy groups -OCH3 is 2. The number of benzene rings is 1. The van der Waals surface area contributed by atoms with Gasteiger partial charge in [0.2, 0.25) is 5.57 Å². The maximum Gasteiger partial charge on any atom is 0.354 e. The Kier molecular flexibility index (Phi) is 5.23. The van der Waals surface area contributed by atoms with Gasteiger partial charge in [0, 0.05) is 5.87 Å². The molecule has 0 spiro atoms. The number of rotatable bonds is 3. The van der Waals surface area contributed by atoms with Crippen molar-refractivity contribution in [2.45, 2.75) is 20.8 Å². The van der Waals surface area contributed by atoms with Crippen LogP contribution in [-0.2, 0) is 19.1 Å². The minimum absolute atomic E-state index is 0.366. The van der Waals surface area contributed by atoms with Gasteiger partial charge in [-0.2, -0.15) is 0 Å². The fourth-order valence-corrected chi connectivity index (χ4v) is 1.84. The number of aliphatic imine (C=N–C) groups is 1. The first-order chi connectivity index (χ1) is 9.40. The van der Waals surface area contributed by atoms with Crippen LogP contribution >= 0.6 is 0 Å². The number of nitrogens with zero attached hydrogens (tertiary/aromatic N) is 1. The number of carbonyl (C=O) groups is 2. The Morgan fingerprint density at radius 2 is 1.45 bits per heavy atom. The Balaban J connectivity index is 3.37. The molecule has 1 aromatic rings. The van der Waals surface area contributed by atoms with Crippen LogP contribution in [0, 0.1) is 20.8 Å². The monoisotopic (exact) mass is 275 g/mol. The molecule has 0 bridgehead atoms. The van der Waals surface area contributed by atoms with E-state index >= 15 is 0 Å². The maximum absolute atomic E-state index is 11.5. The first-order valence-corrected chi connectivity index (χ1v) is 5.98. The predicted molar refractivity (Wildman–Crippen MR) is 75.3 cm³/mol. The summed E-state index contributed by atoms with van der Waals surface area (Å²) in [5.41, 5.74) is 3.28. The summed E-state index contributed by atoms with van der Waals surface area (Å²) in [7, 11) is 2.35. The molecular weight excluding hydrogens is 258 g/mol. The fraction of sp³-hybridized carbons (Fsp3) is 0.333. The molecule has 0 aliphatic carbocycles. The average Bonchev–Trinajstić information content (AvgIpc) is 2.40. The Morgan fingerprint density at radius 1 is 1.00 bits per heavy atom. The zero-order chi connectivity index (χ0) is 15.3. The smallest absolute Gasteiger partial charge is 0.354 e. The number of carbonyl (C=O) groups excluding carboxylic acids is 2. The quantitative estimate of drug-likeness (QED) is 0.279. The van der Waals surface area contributed by atoms with Gasteiger partial charge in [-0.15, -0.1) is 0 Å². The first-order valence-electron chi connectivity index (χ1n) is 5.98. The minimum Gasteiger partial charge on any atom is -0.465 e. The van der Waals surface area contributed by atoms with E-state index in [0.717, 1.165) is 16.7 Å². The summed E-state index contributed by atoms with van der Waals surface area (Å²) in [5, 5.41) is 0. The second-order valence-electron chi connectivity index (χ2n) is 4.33. The third kappa shape index (κ3) is 3.56. The summed E-state index contributed by atoms with van der Waals surface area (Å²) in [5.74, 6) is 0.770. The lowest BCUT2D eigenvalue weighted by atomic mass is 10.1. The molecule has 0 saturated heterocycles. The number of aryl methyl sites for hydroxylation is 3. The Labute approximate surface area is 117 Å². The van der Waals surface area contributed by atoms with Gasteiger partial charge in [0.05, 0.1) is 19.9 Å². The molecule has 0 atom stereocenters. The zero-order valence-electron chi connectivity index (χ0n) is 12.2. The van der Waals surface area contributed by atoms with Crippen LogP contribution in [0.25, 0.3) is 0 Å². The van der Waals surface area contributed by atoms with Gasteiger partial charge in [-0.1, -0.05) is 17.7 Å². The lowest BCUT2D eigenvalue weighted by molar-refractivity contribution is -0.143. The average molecular weight is 275 g/mol. The van der Waals surface area contributed by atoms with Crippen LogP contribution in [0.2, 0.25) is 0 Å². The molecule has 0 fully saturated rings. The molecule has 0 amide bonds. The van der Waals surface area contributed by atoms with Crippen LogP contribution in [0.15, 0.2) is 22.7 Å². The Morgan fingerprint density at radius 3 is 1.85 bits per heavy atom. The Bertz CT molecular complexity index is 569. The van der Waals surface area contributed by atoms with E-state index < -0.39 is 11.9 Å². The van der Waals surface area contributed by atoms with E-state index in [0.29, 0.717) is 5.69 Å². The molecule has 5 heteroatoms. The van der Waals surface area contributed by atoms with Crippen molar-refractivity contribution in [1.82, 2.24) is 0 Å². The van der Waals surface area contributed by atoms with Crippen molar-refractivity contribution in [3.05, 3.63) is 34.4 Å². The van der Waals surface area contributed by atoms with Crippen LogP contribution in [0.5, 0.6) is 0 Å². The third-order valence-corrected chi connectivity index (χ3v) is 2.69. The summed E-state index contributed by atoms with van der Waals surface area (Å²) >= 11 is 0. The van der Waals surface area contributed by atoms with E-state index in [1.807, 2.05) is 32.9 Å². The van der Waals surface area contributed by atoms with Crippen molar-refractivity contribution in [2.75, 3.05) is 14.2 Å². The van der Waals surface area contributed by atoms with E-state index in [4.69, 9.17) is 0 Å². The van der Waals surface area contributed by atoms with Crippen LogP contribution in [0.3, 0.4) is 0 Å². The van der Waals surface area contributed by atoms with E-state index in [9.17, 15) is 9.59 Å². The molecule has 5 nitrogen and oxygen atoms in total. The highest BCUT2D eigenvalue weighted by molar-refractivity contribution is 6.21. The summed E-state index contributed by atoms with van der Waals surface area (Å²) in [4.78, 5) is 27.0. The molecule has 0 aliphatic heterocycles. The number of hydrogen-bond donors (Lipinski definition) is 0. The van der Waals surface area contributed by atoms with Gasteiger partial charge < -0.3 is 9.47 Å². The molecule has 0 heterocycles. The van der Waals surface area contributed by atoms with E-state index in [2.05, 4.69) is 20.3 Å². The van der Waals surface area contributed by atoms with E-state index in [-0.39, 0.29) is 5.57 Å². The number of hydrogen-bond acceptors (Lipinski definition) is 5. The molecular formula is C15H17NO4. The van der Waals surface area contributed by atoms with Crippen molar-refractivity contribution >= 4 is 23.5 Å². The zero-order valence-corrected chi connectivity index (χ0v) is 12.2. The topological polar surface area (TPSA) is 65.0 Å². The van der Waals surface area contributed by atoms with Crippen molar-refractivity contribution < 1.29 is 19.1 Å². The van der Waals surface area contributed by atoms with E-state index in [1.54, 1.807) is 0 Å². The maximum atomic E-state index is 11.5. The van der Waals surface area contributed by atoms with Crippen LogP contribution < -0.4 is 0 Å². The summed E-state index contributed by atoms with van der Waals surface area (Å²) in [6, 6.07) is 3.92. The van der Waals surface area contributed by atoms with Crippen molar-refractivity contribution in [1.29, 1.82) is 0 Å². The molecule has 0 aromatic heterocycles. The molecule has 20 heavy (non-hydrogen) atoms. The Hall–Kier alpha value is -2.39. The number of esters is 2. The van der Waals surface area contributed by atoms with Crippen LogP contribution in [-0.4, -0.2) is 32.0 Å². The fourth-order valence-electron chi connectivity index (χ4n) is 1.84. The normalized spacial score (nSPS) is 9.45. The standard InChI is InChI=1S/C15H17NO4/c1-9-6-10(2)13(11(3)7-9)16-8-12(14(17)19-4)15(18)20-5/h6-7H,1-5H3. The highest BCUT2D eigenvalue weighted by atomic mass is 16.5. The van der Waals surface area contributed by atoms with E-state index in [1.165, 1.54) is 14.2 Å². The lowest BCUT2D eigenvalue weighted by Crippen LogP contribution is -2.16. The summed E-state index contributed by atoms with van der Waals surface area (Å²) < 4.78 is 9.01. The van der Waals surface area contributed by atoms with Gasteiger partial charge in [-0.05, 0) is 31.9 Å². The molecule has 0 aliphatic rings. The van der Waals surface area contributed by atoms with Gasteiger partial charge >= 0.3 is 11.9 Å². The predicted octanol–water partition coefficient (Wildman–Crippen LogP) is 2.19. The molecule has 1 rings (SSSR count). The second-order valence-corrected chi connectivity index (χ2v) is 4.33. The third-order valence-electron chi connectivity index (χ3n) is 2.69. The van der Waals surface area contributed by atoms with Crippen LogP contribution in [0.4, 0.5) is 5.69 Å². The minimum atomic E-state index is -0.831. The second kappa shape index (κ2) is 6.68. The first kappa shape index (κ1) is 15.7. The van der Waals surface area contributed by atoms with Crippen molar-refractivity contribution in [3.8, 4) is 0 Å². The lowest BCUT2D eigenvalue weighted by Gasteiger charge is -2.05. The largest absolute Gasteiger partial charge is 0.465 e. The van der Waals surface area contributed by atoms with Gasteiger partial charge in [0.15, 0.2) is 0 Å². The molecule has 0 unspecified atom stereocenters. The SMILES string of the molecule is COC(=O)C(=C=Nc1c(C)cc(C)cc1C)C(=O)OC.